The molecule has 1 fully saturated rings. The summed E-state index contributed by atoms with van der Waals surface area (Å²) in [7, 11) is 0. The molecule has 1 heterocycles. The maximum atomic E-state index is 11.9. The molecule has 3 nitrogen and oxygen atoms in total. The number of amides is 1. The molecule has 1 N–H and O–H groups in total. The minimum Gasteiger partial charge on any atom is -0.381 e. The quantitative estimate of drug-likeness (QED) is 0.884. The minimum atomic E-state index is 0.0865. The molecule has 0 spiro atoms. The first-order chi connectivity index (χ1) is 9.25. The molecular weight excluding hydrogens is 238 g/mol. The van der Waals surface area contributed by atoms with E-state index in [1.54, 1.807) is 0 Å². The summed E-state index contributed by atoms with van der Waals surface area (Å²) in [6.45, 7) is 3.74. The van der Waals surface area contributed by atoms with Crippen LogP contribution in [0.5, 0.6) is 0 Å². The van der Waals surface area contributed by atoms with Crippen LogP contribution in [0.1, 0.15) is 44.2 Å². The molecular formula is C16H23NO2. The first kappa shape index (κ1) is 14.1. The highest BCUT2D eigenvalue weighted by molar-refractivity contribution is 5.76. The summed E-state index contributed by atoms with van der Waals surface area (Å²) in [6, 6.07) is 10.2. The van der Waals surface area contributed by atoms with Gasteiger partial charge in [0.2, 0.25) is 5.91 Å². The van der Waals surface area contributed by atoms with E-state index in [0.717, 1.165) is 38.0 Å². The number of hydrogen-bond acceptors (Lipinski definition) is 2. The van der Waals surface area contributed by atoms with E-state index < -0.39 is 0 Å². The number of nitrogens with one attached hydrogen (secondary N) is 1. The minimum absolute atomic E-state index is 0.0865. The van der Waals surface area contributed by atoms with Crippen LogP contribution in [0.25, 0.3) is 0 Å². The first-order valence-corrected chi connectivity index (χ1v) is 7.18. The van der Waals surface area contributed by atoms with Crippen molar-refractivity contribution in [2.45, 2.75) is 38.6 Å². The Morgan fingerprint density at radius 3 is 2.68 bits per heavy atom. The van der Waals surface area contributed by atoms with Crippen LogP contribution in [0.2, 0.25) is 0 Å². The number of ether oxygens (including phenoxy) is 1. The zero-order valence-electron chi connectivity index (χ0n) is 11.6. The molecule has 0 bridgehead atoms. The Kier molecular flexibility index (Phi) is 5.40. The Morgan fingerprint density at radius 1 is 1.32 bits per heavy atom. The van der Waals surface area contributed by atoms with Gasteiger partial charge in [-0.25, -0.2) is 0 Å². The zero-order valence-corrected chi connectivity index (χ0v) is 11.6. The molecule has 1 aromatic carbocycles. The second-order valence-corrected chi connectivity index (χ2v) is 5.29. The van der Waals surface area contributed by atoms with Crippen LogP contribution < -0.4 is 5.32 Å². The molecule has 0 saturated carbocycles. The van der Waals surface area contributed by atoms with Crippen LogP contribution in [-0.4, -0.2) is 19.1 Å². The monoisotopic (exact) mass is 261 g/mol. The first-order valence-electron chi connectivity index (χ1n) is 7.18. The van der Waals surface area contributed by atoms with Gasteiger partial charge >= 0.3 is 0 Å². The molecule has 104 valence electrons. The predicted octanol–water partition coefficient (Wildman–Crippen LogP) is 3.07. The van der Waals surface area contributed by atoms with E-state index in [9.17, 15) is 4.79 Å². The topological polar surface area (TPSA) is 38.3 Å². The van der Waals surface area contributed by atoms with Crippen LogP contribution in [0.4, 0.5) is 0 Å². The van der Waals surface area contributed by atoms with E-state index in [-0.39, 0.29) is 11.9 Å². The molecule has 3 heteroatoms. The molecule has 1 saturated heterocycles. The summed E-state index contributed by atoms with van der Waals surface area (Å²) in [5.41, 5.74) is 1.15. The van der Waals surface area contributed by atoms with Gasteiger partial charge in [0.15, 0.2) is 0 Å². The van der Waals surface area contributed by atoms with Crippen molar-refractivity contribution in [3.8, 4) is 0 Å². The lowest BCUT2D eigenvalue weighted by atomic mass is 9.95. The van der Waals surface area contributed by atoms with Gasteiger partial charge in [-0.15, -0.1) is 0 Å². The van der Waals surface area contributed by atoms with Crippen molar-refractivity contribution >= 4 is 5.91 Å². The summed E-state index contributed by atoms with van der Waals surface area (Å²) in [6.07, 6.45) is 3.81. The highest BCUT2D eigenvalue weighted by Gasteiger charge is 2.16. The third kappa shape index (κ3) is 4.67. The fourth-order valence-corrected chi connectivity index (χ4v) is 2.51. The van der Waals surface area contributed by atoms with Gasteiger partial charge in [-0.05, 0) is 37.7 Å². The van der Waals surface area contributed by atoms with Gasteiger partial charge in [-0.3, -0.25) is 4.79 Å². The molecule has 1 aliphatic rings. The SMILES string of the molecule is CC(NC(=O)CCC1CCOCC1)c1ccccc1. The molecule has 19 heavy (non-hydrogen) atoms. The molecule has 1 amide bonds. The van der Waals surface area contributed by atoms with Crippen molar-refractivity contribution in [2.24, 2.45) is 5.92 Å². The Balaban J connectivity index is 1.71. The third-order valence-electron chi connectivity index (χ3n) is 3.80. The predicted molar refractivity (Wildman–Crippen MR) is 75.8 cm³/mol. The average Bonchev–Trinajstić information content (AvgIpc) is 2.47. The standard InChI is InChI=1S/C16H23NO2/c1-13(15-5-3-2-4-6-15)17-16(18)8-7-14-9-11-19-12-10-14/h2-6,13-14H,7-12H2,1H3,(H,17,18). The average molecular weight is 261 g/mol. The van der Waals surface area contributed by atoms with E-state index in [1.165, 1.54) is 0 Å². The second-order valence-electron chi connectivity index (χ2n) is 5.29. The van der Waals surface area contributed by atoms with Crippen LogP contribution in [0, 0.1) is 5.92 Å². The Hall–Kier alpha value is -1.35. The van der Waals surface area contributed by atoms with Crippen LogP contribution in [0.3, 0.4) is 0 Å². The van der Waals surface area contributed by atoms with Crippen molar-refractivity contribution in [2.75, 3.05) is 13.2 Å². The van der Waals surface area contributed by atoms with E-state index >= 15 is 0 Å². The number of benzene rings is 1. The number of carbonyl (C=O) groups excluding carboxylic acids is 1. The second kappa shape index (κ2) is 7.29. The number of carbonyl (C=O) groups is 1. The molecule has 0 aliphatic carbocycles. The summed E-state index contributed by atoms with van der Waals surface area (Å²) < 4.78 is 5.33. The smallest absolute Gasteiger partial charge is 0.220 e. The molecule has 1 unspecified atom stereocenters. The summed E-state index contributed by atoms with van der Waals surface area (Å²) in [4.78, 5) is 11.9. The van der Waals surface area contributed by atoms with Gasteiger partial charge < -0.3 is 10.1 Å². The van der Waals surface area contributed by atoms with E-state index in [2.05, 4.69) is 5.32 Å². The zero-order chi connectivity index (χ0) is 13.5. The molecule has 2 rings (SSSR count). The summed E-state index contributed by atoms with van der Waals surface area (Å²) in [5, 5.41) is 3.07. The van der Waals surface area contributed by atoms with Gasteiger partial charge in [0.25, 0.3) is 0 Å². The van der Waals surface area contributed by atoms with Crippen LogP contribution in [0.15, 0.2) is 30.3 Å². The fourth-order valence-electron chi connectivity index (χ4n) is 2.51. The highest BCUT2D eigenvalue weighted by Crippen LogP contribution is 2.20. The maximum absolute atomic E-state index is 11.9. The van der Waals surface area contributed by atoms with Gasteiger partial charge in [0.1, 0.15) is 0 Å². The molecule has 1 atom stereocenters. The van der Waals surface area contributed by atoms with E-state index in [4.69, 9.17) is 4.74 Å². The Labute approximate surface area is 115 Å². The molecule has 0 aromatic heterocycles. The third-order valence-corrected chi connectivity index (χ3v) is 3.80. The lowest BCUT2D eigenvalue weighted by Crippen LogP contribution is -2.27. The number of hydrogen-bond donors (Lipinski definition) is 1. The van der Waals surface area contributed by atoms with Crippen LogP contribution >= 0.6 is 0 Å². The largest absolute Gasteiger partial charge is 0.381 e. The van der Waals surface area contributed by atoms with Crippen molar-refractivity contribution in [1.82, 2.24) is 5.32 Å². The van der Waals surface area contributed by atoms with Crippen molar-refractivity contribution < 1.29 is 9.53 Å². The normalized spacial score (nSPS) is 17.9. The summed E-state index contributed by atoms with van der Waals surface area (Å²) in [5.74, 6) is 0.814. The Morgan fingerprint density at radius 2 is 2.00 bits per heavy atom. The van der Waals surface area contributed by atoms with Gasteiger partial charge in [0, 0.05) is 19.6 Å². The fraction of sp³-hybridized carbons (Fsp3) is 0.562. The van der Waals surface area contributed by atoms with Crippen molar-refractivity contribution in [3.05, 3.63) is 35.9 Å². The van der Waals surface area contributed by atoms with Gasteiger partial charge in [-0.1, -0.05) is 30.3 Å². The van der Waals surface area contributed by atoms with Gasteiger partial charge in [-0.2, -0.15) is 0 Å². The molecule has 0 radical (unpaired) electrons. The van der Waals surface area contributed by atoms with E-state index in [0.29, 0.717) is 12.3 Å². The molecule has 1 aliphatic heterocycles. The van der Waals surface area contributed by atoms with E-state index in [1.807, 2.05) is 37.3 Å². The lowest BCUT2D eigenvalue weighted by molar-refractivity contribution is -0.122. The van der Waals surface area contributed by atoms with Crippen molar-refractivity contribution in [1.29, 1.82) is 0 Å². The van der Waals surface area contributed by atoms with Crippen LogP contribution in [-0.2, 0) is 9.53 Å². The molecule has 1 aromatic rings. The lowest BCUT2D eigenvalue weighted by Gasteiger charge is -2.22. The Bertz CT molecular complexity index is 385. The maximum Gasteiger partial charge on any atom is 0.220 e. The highest BCUT2D eigenvalue weighted by atomic mass is 16.5. The number of rotatable bonds is 5. The van der Waals surface area contributed by atoms with Gasteiger partial charge in [0.05, 0.1) is 6.04 Å². The summed E-state index contributed by atoms with van der Waals surface area (Å²) >= 11 is 0. The van der Waals surface area contributed by atoms with Crippen molar-refractivity contribution in [3.63, 3.8) is 0 Å².